The molecule has 1 fully saturated rings. The molecule has 0 spiro atoms. The smallest absolute Gasteiger partial charge is 0.310 e. The number of amides is 2. The number of nitrogens with zero attached hydrogens (tertiary/aromatic N) is 1. The molecule has 0 radical (unpaired) electrons. The molecule has 0 bridgehead atoms. The maximum absolute atomic E-state index is 11.4. The van der Waals surface area contributed by atoms with E-state index in [4.69, 9.17) is 10.00 Å². The summed E-state index contributed by atoms with van der Waals surface area (Å²) < 4.78 is 5.32. The number of nitriles is 1. The Labute approximate surface area is 93.9 Å². The molecule has 88 valence electrons. The lowest BCUT2D eigenvalue weighted by molar-refractivity contribution is -0.140. The van der Waals surface area contributed by atoms with Crippen LogP contribution >= 0.6 is 0 Å². The first-order valence-corrected chi connectivity index (χ1v) is 5.20. The van der Waals surface area contributed by atoms with Crippen LogP contribution in [-0.2, 0) is 14.3 Å². The van der Waals surface area contributed by atoms with Crippen molar-refractivity contribution >= 4 is 11.8 Å². The van der Waals surface area contributed by atoms with E-state index in [9.17, 15) is 9.59 Å². The summed E-state index contributed by atoms with van der Waals surface area (Å²) in [6, 6.07) is 1.71. The van der Waals surface area contributed by atoms with Crippen molar-refractivity contribution < 1.29 is 14.3 Å². The van der Waals surface area contributed by atoms with Gasteiger partial charge in [0.05, 0.1) is 12.2 Å². The topological polar surface area (TPSA) is 91.2 Å². The van der Waals surface area contributed by atoms with E-state index in [2.05, 4.69) is 10.6 Å². The van der Waals surface area contributed by atoms with Crippen LogP contribution in [0.5, 0.6) is 0 Å². The lowest BCUT2D eigenvalue weighted by Crippen LogP contribution is -2.47. The van der Waals surface area contributed by atoms with E-state index < -0.39 is 11.8 Å². The first-order valence-electron chi connectivity index (χ1n) is 5.20. The van der Waals surface area contributed by atoms with E-state index in [1.165, 1.54) is 0 Å². The molecular weight excluding hydrogens is 210 g/mol. The first kappa shape index (κ1) is 12.5. The molecule has 0 aromatic rings. The van der Waals surface area contributed by atoms with Crippen molar-refractivity contribution in [3.8, 4) is 6.07 Å². The summed E-state index contributed by atoms with van der Waals surface area (Å²) in [4.78, 5) is 22.5. The first-order chi connectivity index (χ1) is 7.63. The molecule has 0 aromatic heterocycles. The van der Waals surface area contributed by atoms with Crippen LogP contribution in [0.15, 0.2) is 0 Å². The summed E-state index contributed by atoms with van der Waals surface area (Å²) in [6.07, 6.45) is 1.51. The fourth-order valence-electron chi connectivity index (χ4n) is 1.58. The van der Waals surface area contributed by atoms with Gasteiger partial charge in [-0.25, -0.2) is 0 Å². The van der Waals surface area contributed by atoms with Gasteiger partial charge in [-0.1, -0.05) is 0 Å². The second-order valence-corrected chi connectivity index (χ2v) is 3.72. The molecule has 1 rings (SSSR count). The third-order valence-electron chi connectivity index (χ3n) is 2.35. The Balaban J connectivity index is 2.33. The quantitative estimate of drug-likeness (QED) is 0.480. The molecule has 2 unspecified atom stereocenters. The molecule has 2 N–H and O–H groups in total. The van der Waals surface area contributed by atoms with Gasteiger partial charge in [0.2, 0.25) is 0 Å². The van der Waals surface area contributed by atoms with Crippen molar-refractivity contribution in [1.82, 2.24) is 10.6 Å². The van der Waals surface area contributed by atoms with Crippen LogP contribution in [0.25, 0.3) is 0 Å². The minimum absolute atomic E-state index is 0.0240. The number of carbonyl (C=O) groups excluding carboxylic acids is 2. The van der Waals surface area contributed by atoms with E-state index in [1.807, 2.05) is 6.92 Å². The molecule has 0 aromatic carbocycles. The zero-order valence-corrected chi connectivity index (χ0v) is 9.16. The number of hydrogen-bond donors (Lipinski definition) is 2. The minimum atomic E-state index is -0.763. The van der Waals surface area contributed by atoms with Crippen molar-refractivity contribution in [2.24, 2.45) is 0 Å². The molecule has 2 amide bonds. The number of hydrogen-bond acceptors (Lipinski definition) is 4. The van der Waals surface area contributed by atoms with Crippen LogP contribution in [-0.4, -0.2) is 37.1 Å². The van der Waals surface area contributed by atoms with Gasteiger partial charge in [0, 0.05) is 12.6 Å². The second kappa shape index (κ2) is 6.08. The maximum Gasteiger partial charge on any atom is 0.310 e. The van der Waals surface area contributed by atoms with Crippen LogP contribution < -0.4 is 10.6 Å². The number of nitrogens with one attached hydrogen (secondary N) is 2. The largest absolute Gasteiger partial charge is 0.378 e. The van der Waals surface area contributed by atoms with Gasteiger partial charge in [0.1, 0.15) is 6.54 Å². The zero-order valence-electron chi connectivity index (χ0n) is 9.16. The predicted octanol–water partition coefficient (Wildman–Crippen LogP) is -0.690. The van der Waals surface area contributed by atoms with E-state index >= 15 is 0 Å². The van der Waals surface area contributed by atoms with Gasteiger partial charge < -0.3 is 15.4 Å². The highest BCUT2D eigenvalue weighted by atomic mass is 16.5. The van der Waals surface area contributed by atoms with Gasteiger partial charge in [0.15, 0.2) is 0 Å². The van der Waals surface area contributed by atoms with Crippen molar-refractivity contribution in [3.05, 3.63) is 0 Å². The van der Waals surface area contributed by atoms with Crippen LogP contribution in [0.1, 0.15) is 19.8 Å². The number of carbonyl (C=O) groups is 2. The van der Waals surface area contributed by atoms with Gasteiger partial charge >= 0.3 is 11.8 Å². The molecule has 1 saturated heterocycles. The normalized spacial score (nSPS) is 24.2. The Hall–Kier alpha value is -1.61. The van der Waals surface area contributed by atoms with Crippen LogP contribution in [0.3, 0.4) is 0 Å². The monoisotopic (exact) mass is 225 g/mol. The molecule has 0 saturated carbocycles. The molecule has 1 aliphatic rings. The van der Waals surface area contributed by atoms with Crippen LogP contribution in [0.4, 0.5) is 0 Å². The van der Waals surface area contributed by atoms with Gasteiger partial charge in [-0.05, 0) is 19.8 Å². The van der Waals surface area contributed by atoms with E-state index in [0.717, 1.165) is 0 Å². The Kier molecular flexibility index (Phi) is 4.73. The SMILES string of the molecule is CC1CC(NC(=O)C(=O)NCC#N)CCO1. The molecule has 16 heavy (non-hydrogen) atoms. The molecule has 6 nitrogen and oxygen atoms in total. The number of rotatable bonds is 2. The Morgan fingerprint density at radius 2 is 2.25 bits per heavy atom. The third-order valence-corrected chi connectivity index (χ3v) is 2.35. The number of ether oxygens (including phenoxy) is 1. The van der Waals surface area contributed by atoms with Crippen molar-refractivity contribution in [2.45, 2.75) is 31.9 Å². The van der Waals surface area contributed by atoms with Crippen molar-refractivity contribution in [3.63, 3.8) is 0 Å². The Morgan fingerprint density at radius 3 is 2.88 bits per heavy atom. The highest BCUT2D eigenvalue weighted by Gasteiger charge is 2.23. The van der Waals surface area contributed by atoms with Crippen LogP contribution in [0, 0.1) is 11.3 Å². The summed E-state index contributed by atoms with van der Waals surface area (Å²) in [7, 11) is 0. The standard InChI is InChI=1S/C10H15N3O3/c1-7-6-8(2-5-16-7)13-10(15)9(14)12-4-3-11/h7-8H,2,4-6H2,1H3,(H,12,14)(H,13,15). The molecule has 2 atom stereocenters. The highest BCUT2D eigenvalue weighted by molar-refractivity contribution is 6.35. The lowest BCUT2D eigenvalue weighted by atomic mass is 10.0. The lowest BCUT2D eigenvalue weighted by Gasteiger charge is -2.27. The summed E-state index contributed by atoms with van der Waals surface area (Å²) >= 11 is 0. The van der Waals surface area contributed by atoms with Crippen molar-refractivity contribution in [2.75, 3.05) is 13.2 Å². The van der Waals surface area contributed by atoms with Gasteiger partial charge in [-0.2, -0.15) is 5.26 Å². The second-order valence-electron chi connectivity index (χ2n) is 3.72. The zero-order chi connectivity index (χ0) is 12.0. The average Bonchev–Trinajstić information content (AvgIpc) is 2.25. The molecule has 6 heteroatoms. The van der Waals surface area contributed by atoms with E-state index in [1.54, 1.807) is 6.07 Å². The van der Waals surface area contributed by atoms with E-state index in [0.29, 0.717) is 19.4 Å². The minimum Gasteiger partial charge on any atom is -0.378 e. The highest BCUT2D eigenvalue weighted by Crippen LogP contribution is 2.12. The molecular formula is C10H15N3O3. The Morgan fingerprint density at radius 1 is 1.50 bits per heavy atom. The summed E-state index contributed by atoms with van der Waals surface area (Å²) in [5.41, 5.74) is 0. The fraction of sp³-hybridized carbons (Fsp3) is 0.700. The van der Waals surface area contributed by atoms with E-state index in [-0.39, 0.29) is 18.7 Å². The van der Waals surface area contributed by atoms with Gasteiger partial charge in [-0.15, -0.1) is 0 Å². The fourth-order valence-corrected chi connectivity index (χ4v) is 1.58. The molecule has 1 heterocycles. The van der Waals surface area contributed by atoms with Crippen molar-refractivity contribution in [1.29, 1.82) is 5.26 Å². The average molecular weight is 225 g/mol. The van der Waals surface area contributed by atoms with Gasteiger partial charge in [0.25, 0.3) is 0 Å². The maximum atomic E-state index is 11.4. The molecule has 1 aliphatic heterocycles. The molecule has 0 aliphatic carbocycles. The third kappa shape index (κ3) is 3.87. The summed E-state index contributed by atoms with van der Waals surface area (Å²) in [5, 5.41) is 13.0. The summed E-state index contributed by atoms with van der Waals surface area (Å²) in [6.45, 7) is 2.36. The Bertz CT molecular complexity index is 311. The summed E-state index contributed by atoms with van der Waals surface area (Å²) in [5.74, 6) is -1.45. The van der Waals surface area contributed by atoms with Crippen LogP contribution in [0.2, 0.25) is 0 Å². The van der Waals surface area contributed by atoms with Gasteiger partial charge in [-0.3, -0.25) is 9.59 Å². The predicted molar refractivity (Wildman–Crippen MR) is 55.2 cm³/mol.